The second-order valence-electron chi connectivity index (χ2n) is 7.77. The second-order valence-corrected chi connectivity index (χ2v) is 8.83. The van der Waals surface area contributed by atoms with Crippen LogP contribution in [0.1, 0.15) is 25.0 Å². The van der Waals surface area contributed by atoms with E-state index in [2.05, 4.69) is 11.6 Å². The largest absolute Gasteiger partial charge is 0.490 e. The van der Waals surface area contributed by atoms with E-state index in [-0.39, 0.29) is 13.2 Å². The summed E-state index contributed by atoms with van der Waals surface area (Å²) in [5.74, 6) is 0.581. The molecule has 170 valence electrons. The van der Waals surface area contributed by atoms with Crippen LogP contribution >= 0.6 is 11.8 Å². The van der Waals surface area contributed by atoms with Gasteiger partial charge in [0, 0.05) is 35.1 Å². The molecule has 0 saturated carbocycles. The lowest BCUT2D eigenvalue weighted by molar-refractivity contribution is -0.137. The lowest BCUT2D eigenvalue weighted by Gasteiger charge is -2.27. The molecule has 0 aliphatic carbocycles. The molecule has 2 aromatic carbocycles. The molecule has 0 amide bonds. The van der Waals surface area contributed by atoms with Crippen LogP contribution in [0.3, 0.4) is 0 Å². The highest BCUT2D eigenvalue weighted by molar-refractivity contribution is 8.14. The number of hydrogen-bond donors (Lipinski definition) is 2. The Kier molecular flexibility index (Phi) is 7.02. The molecule has 0 fully saturated rings. The third kappa shape index (κ3) is 5.93. The summed E-state index contributed by atoms with van der Waals surface area (Å²) in [6.07, 6.45) is -1.04. The average Bonchev–Trinajstić information content (AvgIpc) is 2.73. The Morgan fingerprint density at radius 1 is 1.16 bits per heavy atom. The van der Waals surface area contributed by atoms with Crippen LogP contribution in [0.4, 0.5) is 18.9 Å². The van der Waals surface area contributed by atoms with Gasteiger partial charge in [-0.15, -0.1) is 0 Å². The van der Waals surface area contributed by atoms with Crippen LogP contribution in [0.15, 0.2) is 77.0 Å². The molecule has 1 aliphatic heterocycles. The van der Waals surface area contributed by atoms with E-state index in [0.29, 0.717) is 21.4 Å². The molecule has 3 N–H and O–H groups in total. The highest BCUT2D eigenvalue weighted by Crippen LogP contribution is 2.34. The SMILES string of the molecule is C=C1C(Sc2ccc(C(F)(F)F)cc2)=NC=CN1c1ccc(OCC(C)(C)O)c(CN)c1. The maximum atomic E-state index is 12.8. The lowest BCUT2D eigenvalue weighted by Crippen LogP contribution is -2.28. The minimum Gasteiger partial charge on any atom is -0.490 e. The number of aliphatic hydroxyl groups is 1. The molecule has 5 nitrogen and oxygen atoms in total. The van der Waals surface area contributed by atoms with Crippen molar-refractivity contribution >= 4 is 22.5 Å². The van der Waals surface area contributed by atoms with E-state index in [1.165, 1.54) is 23.9 Å². The Hall–Kier alpha value is -2.75. The maximum Gasteiger partial charge on any atom is 0.416 e. The Morgan fingerprint density at radius 3 is 2.44 bits per heavy atom. The zero-order valence-electron chi connectivity index (χ0n) is 17.7. The van der Waals surface area contributed by atoms with E-state index >= 15 is 0 Å². The van der Waals surface area contributed by atoms with Gasteiger partial charge in [0.15, 0.2) is 0 Å². The van der Waals surface area contributed by atoms with Crippen LogP contribution < -0.4 is 15.4 Å². The zero-order valence-corrected chi connectivity index (χ0v) is 18.5. The monoisotopic (exact) mass is 463 g/mol. The number of anilines is 1. The van der Waals surface area contributed by atoms with Crippen molar-refractivity contribution in [1.82, 2.24) is 0 Å². The van der Waals surface area contributed by atoms with Crippen molar-refractivity contribution in [3.8, 4) is 5.75 Å². The summed E-state index contributed by atoms with van der Waals surface area (Å²) in [5.41, 5.74) is 6.32. The van der Waals surface area contributed by atoms with Crippen LogP contribution in [0, 0.1) is 0 Å². The fourth-order valence-corrected chi connectivity index (χ4v) is 3.68. The fourth-order valence-electron chi connectivity index (χ4n) is 2.86. The number of nitrogens with zero attached hydrogens (tertiary/aromatic N) is 2. The van der Waals surface area contributed by atoms with Crippen molar-refractivity contribution in [2.45, 2.75) is 37.1 Å². The van der Waals surface area contributed by atoms with E-state index < -0.39 is 17.3 Å². The summed E-state index contributed by atoms with van der Waals surface area (Å²) in [6.45, 7) is 7.77. The molecule has 0 bridgehead atoms. The van der Waals surface area contributed by atoms with Gasteiger partial charge < -0.3 is 20.5 Å². The van der Waals surface area contributed by atoms with Crippen molar-refractivity contribution in [3.63, 3.8) is 0 Å². The number of rotatable bonds is 6. The minimum absolute atomic E-state index is 0.121. The highest BCUT2D eigenvalue weighted by atomic mass is 32.2. The van der Waals surface area contributed by atoms with Gasteiger partial charge in [0.1, 0.15) is 17.4 Å². The quantitative estimate of drug-likeness (QED) is 0.608. The minimum atomic E-state index is -4.38. The topological polar surface area (TPSA) is 71.1 Å². The van der Waals surface area contributed by atoms with Crippen LogP contribution in [-0.4, -0.2) is 22.4 Å². The number of alkyl halides is 3. The first kappa shape index (κ1) is 23.9. The van der Waals surface area contributed by atoms with Crippen molar-refractivity contribution in [2.75, 3.05) is 11.5 Å². The summed E-state index contributed by atoms with van der Waals surface area (Å²) in [6, 6.07) is 10.4. The number of nitrogens with two attached hydrogens (primary N) is 1. The molecule has 1 aliphatic rings. The molecule has 0 radical (unpaired) electrons. The Bertz CT molecular complexity index is 1040. The van der Waals surface area contributed by atoms with Crippen LogP contribution in [0.5, 0.6) is 5.75 Å². The van der Waals surface area contributed by atoms with Gasteiger partial charge in [-0.1, -0.05) is 18.3 Å². The molecule has 0 aromatic heterocycles. The number of halogens is 3. The van der Waals surface area contributed by atoms with Gasteiger partial charge >= 0.3 is 6.18 Å². The smallest absolute Gasteiger partial charge is 0.416 e. The molecule has 9 heteroatoms. The van der Waals surface area contributed by atoms with Gasteiger partial charge in [0.2, 0.25) is 0 Å². The van der Waals surface area contributed by atoms with Gasteiger partial charge in [-0.2, -0.15) is 13.2 Å². The fraction of sp³-hybridized carbons (Fsp3) is 0.261. The van der Waals surface area contributed by atoms with Gasteiger partial charge in [0.25, 0.3) is 0 Å². The number of benzene rings is 2. The van der Waals surface area contributed by atoms with E-state index in [1.807, 2.05) is 17.0 Å². The van der Waals surface area contributed by atoms with Gasteiger partial charge in [-0.25, -0.2) is 4.99 Å². The molecule has 0 unspecified atom stereocenters. The summed E-state index contributed by atoms with van der Waals surface area (Å²) in [4.78, 5) is 6.76. The first-order chi connectivity index (χ1) is 15.0. The number of thioether (sulfide) groups is 1. The van der Waals surface area contributed by atoms with E-state index in [4.69, 9.17) is 10.5 Å². The normalized spacial score (nSPS) is 14.5. The standard InChI is InChI=1S/C23H24F3N3O2S/c1-15-21(32-19-7-4-17(5-8-19)23(24,25)26)28-10-11-29(15)18-6-9-20(16(12-18)13-27)31-14-22(2,3)30/h4-12,30H,1,13-14,27H2,2-3H3. The number of ether oxygens (including phenoxy) is 1. The molecule has 1 heterocycles. The van der Waals surface area contributed by atoms with Gasteiger partial charge in [-0.05, 0) is 56.3 Å². The summed E-state index contributed by atoms with van der Waals surface area (Å²) in [7, 11) is 0. The predicted octanol–water partition coefficient (Wildman–Crippen LogP) is 5.31. The third-order valence-electron chi connectivity index (χ3n) is 4.46. The van der Waals surface area contributed by atoms with Crippen molar-refractivity contribution < 1.29 is 23.0 Å². The van der Waals surface area contributed by atoms with Crippen molar-refractivity contribution in [1.29, 1.82) is 0 Å². The summed E-state index contributed by atoms with van der Waals surface area (Å²) in [5, 5.41) is 10.4. The third-order valence-corrected chi connectivity index (χ3v) is 5.51. The van der Waals surface area contributed by atoms with E-state index in [0.717, 1.165) is 23.4 Å². The molecule has 0 saturated heterocycles. The van der Waals surface area contributed by atoms with Crippen LogP contribution in [-0.2, 0) is 12.7 Å². The first-order valence-electron chi connectivity index (χ1n) is 9.74. The van der Waals surface area contributed by atoms with Crippen LogP contribution in [0.25, 0.3) is 0 Å². The summed E-state index contributed by atoms with van der Waals surface area (Å²) >= 11 is 1.23. The van der Waals surface area contributed by atoms with E-state index in [9.17, 15) is 18.3 Å². The average molecular weight is 464 g/mol. The maximum absolute atomic E-state index is 12.8. The van der Waals surface area contributed by atoms with Crippen molar-refractivity contribution in [3.05, 3.63) is 78.3 Å². The summed E-state index contributed by atoms with van der Waals surface area (Å²) < 4.78 is 44.1. The zero-order chi connectivity index (χ0) is 23.5. The molecule has 0 atom stereocenters. The molecule has 32 heavy (non-hydrogen) atoms. The van der Waals surface area contributed by atoms with Gasteiger partial charge in [0.05, 0.1) is 16.9 Å². The number of hydrogen-bond acceptors (Lipinski definition) is 6. The van der Waals surface area contributed by atoms with Crippen LogP contribution in [0.2, 0.25) is 0 Å². The molecule has 0 spiro atoms. The first-order valence-corrected chi connectivity index (χ1v) is 10.6. The molecular weight excluding hydrogens is 439 g/mol. The van der Waals surface area contributed by atoms with Gasteiger partial charge in [-0.3, -0.25) is 0 Å². The predicted molar refractivity (Wildman–Crippen MR) is 122 cm³/mol. The Morgan fingerprint density at radius 2 is 1.84 bits per heavy atom. The van der Waals surface area contributed by atoms with E-state index in [1.54, 1.807) is 32.3 Å². The number of aliphatic imine (C=N–C) groups is 1. The lowest BCUT2D eigenvalue weighted by atomic mass is 10.1. The molecule has 3 rings (SSSR count). The molecule has 2 aromatic rings. The van der Waals surface area contributed by atoms with Crippen molar-refractivity contribution in [2.24, 2.45) is 10.7 Å². The highest BCUT2D eigenvalue weighted by Gasteiger charge is 2.30. The molecular formula is C23H24F3N3O2S. The second kappa shape index (κ2) is 9.40. The Labute approximate surface area is 189 Å². The Balaban J connectivity index is 1.76.